The van der Waals surface area contributed by atoms with Crippen LogP contribution >= 0.6 is 11.3 Å². The second kappa shape index (κ2) is 9.90. The van der Waals surface area contributed by atoms with E-state index in [4.69, 9.17) is 4.74 Å². The molecule has 2 unspecified atom stereocenters. The number of aryl methyl sites for hydroxylation is 1. The second-order valence-corrected chi connectivity index (χ2v) is 10.5. The van der Waals surface area contributed by atoms with Gasteiger partial charge in [-0.25, -0.2) is 9.78 Å². The number of H-pyrrole nitrogens is 1. The van der Waals surface area contributed by atoms with Crippen LogP contribution in [0, 0.1) is 18.8 Å². The largest absolute Gasteiger partial charge is 0.465 e. The SMILES string of the molecule is COC(=O)c1sc2nc(CN3CCN(CC(=O)N4CC(C)CC(C)C4)CC3)[nH]c(=O)c2c1C. The summed E-state index contributed by atoms with van der Waals surface area (Å²) in [6.45, 7) is 12.1. The summed E-state index contributed by atoms with van der Waals surface area (Å²) in [5.41, 5.74) is 0.381. The summed E-state index contributed by atoms with van der Waals surface area (Å²) in [6.07, 6.45) is 1.19. The van der Waals surface area contributed by atoms with E-state index in [0.29, 0.717) is 51.4 Å². The molecule has 0 spiro atoms. The monoisotopic (exact) mass is 475 g/mol. The summed E-state index contributed by atoms with van der Waals surface area (Å²) in [7, 11) is 1.33. The van der Waals surface area contributed by atoms with E-state index in [1.165, 1.54) is 24.9 Å². The number of nitrogens with zero attached hydrogens (tertiary/aromatic N) is 4. The molecule has 2 atom stereocenters. The van der Waals surface area contributed by atoms with Crippen LogP contribution in [0.25, 0.3) is 10.2 Å². The van der Waals surface area contributed by atoms with Crippen molar-refractivity contribution in [3.63, 3.8) is 0 Å². The van der Waals surface area contributed by atoms with E-state index in [1.807, 2.05) is 4.90 Å². The Morgan fingerprint density at radius 1 is 1.12 bits per heavy atom. The number of likely N-dealkylation sites (tertiary alicyclic amines) is 1. The first-order chi connectivity index (χ1) is 15.7. The van der Waals surface area contributed by atoms with Crippen LogP contribution in [0.4, 0.5) is 0 Å². The van der Waals surface area contributed by atoms with E-state index >= 15 is 0 Å². The fourth-order valence-corrected chi connectivity index (χ4v) is 6.14. The fraction of sp³-hybridized carbons (Fsp3) is 0.652. The third kappa shape index (κ3) is 5.28. The maximum absolute atomic E-state index is 12.8. The van der Waals surface area contributed by atoms with Crippen molar-refractivity contribution in [2.75, 3.05) is 52.9 Å². The van der Waals surface area contributed by atoms with Gasteiger partial charge in [-0.15, -0.1) is 11.3 Å². The molecule has 0 aliphatic carbocycles. The van der Waals surface area contributed by atoms with Crippen LogP contribution in [0.3, 0.4) is 0 Å². The predicted molar refractivity (Wildman–Crippen MR) is 128 cm³/mol. The maximum atomic E-state index is 12.8. The highest BCUT2D eigenvalue weighted by Gasteiger charge is 2.28. The summed E-state index contributed by atoms with van der Waals surface area (Å²) >= 11 is 1.19. The Labute approximate surface area is 197 Å². The summed E-state index contributed by atoms with van der Waals surface area (Å²) in [5.74, 6) is 1.50. The molecule has 9 nitrogen and oxygen atoms in total. The number of fused-ring (bicyclic) bond motifs is 1. The van der Waals surface area contributed by atoms with Gasteiger partial charge in [0.05, 0.1) is 25.6 Å². The van der Waals surface area contributed by atoms with Gasteiger partial charge in [-0.2, -0.15) is 0 Å². The third-order valence-corrected chi connectivity index (χ3v) is 7.80. The van der Waals surface area contributed by atoms with Gasteiger partial charge in [0.2, 0.25) is 5.91 Å². The minimum Gasteiger partial charge on any atom is -0.465 e. The summed E-state index contributed by atoms with van der Waals surface area (Å²) in [6, 6.07) is 0. The Bertz CT molecular complexity index is 1080. The minimum absolute atomic E-state index is 0.229. The average Bonchev–Trinajstić information content (AvgIpc) is 3.10. The van der Waals surface area contributed by atoms with Crippen LogP contribution in [0.2, 0.25) is 0 Å². The molecule has 2 aliphatic heterocycles. The first-order valence-corrected chi connectivity index (χ1v) is 12.4. The number of hydrogen-bond acceptors (Lipinski definition) is 8. The lowest BCUT2D eigenvalue weighted by molar-refractivity contribution is -0.135. The number of hydrogen-bond donors (Lipinski definition) is 1. The van der Waals surface area contributed by atoms with E-state index in [0.717, 1.165) is 39.3 Å². The van der Waals surface area contributed by atoms with Crippen molar-refractivity contribution in [2.24, 2.45) is 11.8 Å². The van der Waals surface area contributed by atoms with E-state index in [9.17, 15) is 14.4 Å². The van der Waals surface area contributed by atoms with Gasteiger partial charge >= 0.3 is 5.97 Å². The lowest BCUT2D eigenvalue weighted by Crippen LogP contribution is -2.51. The number of carbonyl (C=O) groups excluding carboxylic acids is 2. The van der Waals surface area contributed by atoms with Gasteiger partial charge in [0.25, 0.3) is 5.56 Å². The van der Waals surface area contributed by atoms with Crippen LogP contribution in [0.1, 0.15) is 41.3 Å². The molecule has 2 aromatic rings. The predicted octanol–water partition coefficient (Wildman–Crippen LogP) is 1.70. The first-order valence-electron chi connectivity index (χ1n) is 11.6. The Balaban J connectivity index is 1.35. The maximum Gasteiger partial charge on any atom is 0.348 e. The number of rotatable bonds is 5. The van der Waals surface area contributed by atoms with Crippen LogP contribution in [0.15, 0.2) is 4.79 Å². The quantitative estimate of drug-likeness (QED) is 0.657. The molecule has 2 saturated heterocycles. The second-order valence-electron chi connectivity index (χ2n) is 9.54. The molecule has 2 fully saturated rings. The van der Waals surface area contributed by atoms with Crippen molar-refractivity contribution in [1.29, 1.82) is 0 Å². The zero-order valence-electron chi connectivity index (χ0n) is 19.8. The molecule has 4 heterocycles. The fourth-order valence-electron chi connectivity index (χ4n) is 5.03. The molecule has 0 saturated carbocycles. The highest BCUT2D eigenvalue weighted by atomic mass is 32.1. The van der Waals surface area contributed by atoms with Gasteiger partial charge in [-0.3, -0.25) is 19.4 Å². The van der Waals surface area contributed by atoms with Gasteiger partial charge in [0, 0.05) is 39.3 Å². The lowest BCUT2D eigenvalue weighted by Gasteiger charge is -2.38. The minimum atomic E-state index is -0.449. The number of amides is 1. The first kappa shape index (κ1) is 23.8. The highest BCUT2D eigenvalue weighted by molar-refractivity contribution is 7.20. The van der Waals surface area contributed by atoms with Crippen LogP contribution in [-0.4, -0.2) is 89.5 Å². The Morgan fingerprint density at radius 2 is 1.76 bits per heavy atom. The number of piperidine rings is 1. The molecule has 10 heteroatoms. The summed E-state index contributed by atoms with van der Waals surface area (Å²) < 4.78 is 4.82. The van der Waals surface area contributed by atoms with Gasteiger partial charge < -0.3 is 14.6 Å². The Hall–Kier alpha value is -2.30. The lowest BCUT2D eigenvalue weighted by atomic mass is 9.92. The zero-order valence-corrected chi connectivity index (χ0v) is 20.7. The number of nitrogens with one attached hydrogen (secondary N) is 1. The molecule has 2 aromatic heterocycles. The van der Waals surface area contributed by atoms with Crippen molar-refractivity contribution in [3.05, 3.63) is 26.6 Å². The van der Waals surface area contributed by atoms with E-state index in [1.54, 1.807) is 6.92 Å². The molecule has 2 aliphatic rings. The molecular formula is C23H33N5O4S. The average molecular weight is 476 g/mol. The molecule has 4 rings (SSSR count). The number of methoxy groups -OCH3 is 1. The number of aromatic amines is 1. The number of aromatic nitrogens is 2. The molecule has 33 heavy (non-hydrogen) atoms. The highest BCUT2D eigenvalue weighted by Crippen LogP contribution is 2.27. The normalized spacial score (nSPS) is 22.6. The Morgan fingerprint density at radius 3 is 2.39 bits per heavy atom. The molecule has 1 amide bonds. The van der Waals surface area contributed by atoms with E-state index in [2.05, 4.69) is 33.6 Å². The molecule has 0 radical (unpaired) electrons. The topological polar surface area (TPSA) is 98.8 Å². The van der Waals surface area contributed by atoms with Gasteiger partial charge in [0.15, 0.2) is 0 Å². The zero-order chi connectivity index (χ0) is 23.7. The number of carbonyl (C=O) groups is 2. The molecule has 180 valence electrons. The van der Waals surface area contributed by atoms with E-state index in [-0.39, 0.29) is 11.5 Å². The number of ether oxygens (including phenoxy) is 1. The molecule has 0 aromatic carbocycles. The van der Waals surface area contributed by atoms with Gasteiger partial charge in [-0.1, -0.05) is 13.8 Å². The van der Waals surface area contributed by atoms with Crippen molar-refractivity contribution >= 4 is 33.4 Å². The molecule has 0 bridgehead atoms. The molecular weight excluding hydrogens is 442 g/mol. The van der Waals surface area contributed by atoms with Crippen LogP contribution in [0.5, 0.6) is 0 Å². The van der Waals surface area contributed by atoms with Crippen molar-refractivity contribution in [3.8, 4) is 0 Å². The van der Waals surface area contributed by atoms with Crippen LogP contribution in [-0.2, 0) is 16.1 Å². The van der Waals surface area contributed by atoms with Gasteiger partial charge in [0.1, 0.15) is 15.5 Å². The van der Waals surface area contributed by atoms with Crippen molar-refractivity contribution < 1.29 is 14.3 Å². The van der Waals surface area contributed by atoms with E-state index < -0.39 is 5.97 Å². The number of thiophene rings is 1. The number of esters is 1. The van der Waals surface area contributed by atoms with Gasteiger partial charge in [-0.05, 0) is 30.7 Å². The smallest absolute Gasteiger partial charge is 0.348 e. The van der Waals surface area contributed by atoms with Crippen molar-refractivity contribution in [1.82, 2.24) is 24.7 Å². The van der Waals surface area contributed by atoms with Crippen LogP contribution < -0.4 is 5.56 Å². The summed E-state index contributed by atoms with van der Waals surface area (Å²) in [5, 5.41) is 0.453. The Kier molecular flexibility index (Phi) is 7.16. The van der Waals surface area contributed by atoms with Crippen molar-refractivity contribution in [2.45, 2.75) is 33.7 Å². The molecule has 1 N–H and O–H groups in total. The number of piperazine rings is 1. The standard InChI is InChI=1S/C23H33N5O4S/c1-14-9-15(2)11-28(10-14)18(29)13-27-7-5-26(6-8-27)12-17-24-21(30)19-16(3)20(23(31)32-4)33-22(19)25-17/h14-15H,5-13H2,1-4H3,(H,24,25,30). The third-order valence-electron chi connectivity index (χ3n) is 6.64. The summed E-state index contributed by atoms with van der Waals surface area (Å²) in [4.78, 5) is 52.3.